The quantitative estimate of drug-likeness (QED) is 0.131. The third kappa shape index (κ3) is 18.5. The first-order chi connectivity index (χ1) is 17.8. The number of carbonyl (C=O) groups is 3. The van der Waals surface area contributed by atoms with E-state index in [9.17, 15) is 18.9 Å². The van der Waals surface area contributed by atoms with Gasteiger partial charge in [0.2, 0.25) is 11.8 Å². The zero-order valence-corrected chi connectivity index (χ0v) is 22.0. The maximum Gasteiger partial charge on any atom is 0.331 e. The van der Waals surface area contributed by atoms with E-state index in [1.54, 1.807) is 0 Å². The summed E-state index contributed by atoms with van der Waals surface area (Å²) in [6.07, 6.45) is -0.0477. The van der Waals surface area contributed by atoms with Crippen molar-refractivity contribution < 1.29 is 52.1 Å². The molecule has 0 aliphatic rings. The summed E-state index contributed by atoms with van der Waals surface area (Å²) in [6, 6.07) is 9.26. The van der Waals surface area contributed by atoms with Crippen molar-refractivity contribution >= 4 is 25.4 Å². The Kier molecular flexibility index (Phi) is 18.2. The molecule has 1 aromatic rings. The smallest absolute Gasteiger partial charge is 0.331 e. The standard InChI is InChI=1S/C23H37N2O11P/c1-31-37(30,36-17-20-5-3-2-4-6-20)16-7-21(26)24-8-10-32-12-14-34-18-22(27)25-9-11-33-13-15-35-19-23(28)29/h2-6H,7-19H2,1H3,(H,24,26)(H,25,27)(H,28,29). The summed E-state index contributed by atoms with van der Waals surface area (Å²) in [5, 5.41) is 13.7. The van der Waals surface area contributed by atoms with Gasteiger partial charge < -0.3 is 43.7 Å². The van der Waals surface area contributed by atoms with E-state index in [0.717, 1.165) is 5.56 Å². The Balaban J connectivity index is 1.95. The number of rotatable bonds is 23. The third-order valence-corrected chi connectivity index (χ3v) is 6.35. The number of ether oxygens (including phenoxy) is 4. The van der Waals surface area contributed by atoms with Crippen LogP contribution in [0.1, 0.15) is 12.0 Å². The Bertz CT molecular complexity index is 826. The van der Waals surface area contributed by atoms with E-state index in [-0.39, 0.29) is 96.9 Å². The largest absolute Gasteiger partial charge is 0.480 e. The Morgan fingerprint density at radius 1 is 0.811 bits per heavy atom. The second-order valence-electron chi connectivity index (χ2n) is 7.45. The van der Waals surface area contributed by atoms with Crippen molar-refractivity contribution in [3.8, 4) is 0 Å². The molecular formula is C23H37N2O11P. The minimum Gasteiger partial charge on any atom is -0.480 e. The zero-order chi connectivity index (χ0) is 27.2. The fourth-order valence-electron chi connectivity index (χ4n) is 2.62. The number of amides is 2. The summed E-state index contributed by atoms with van der Waals surface area (Å²) in [6.45, 7) is 1.54. The molecule has 37 heavy (non-hydrogen) atoms. The summed E-state index contributed by atoms with van der Waals surface area (Å²) >= 11 is 0. The highest BCUT2D eigenvalue weighted by Crippen LogP contribution is 2.48. The zero-order valence-electron chi connectivity index (χ0n) is 21.1. The predicted molar refractivity (Wildman–Crippen MR) is 132 cm³/mol. The van der Waals surface area contributed by atoms with Crippen LogP contribution >= 0.6 is 7.60 Å². The lowest BCUT2D eigenvalue weighted by atomic mass is 10.2. The van der Waals surface area contributed by atoms with Crippen LogP contribution in [0, 0.1) is 0 Å². The van der Waals surface area contributed by atoms with E-state index >= 15 is 0 Å². The van der Waals surface area contributed by atoms with Crippen molar-refractivity contribution in [3.05, 3.63) is 35.9 Å². The van der Waals surface area contributed by atoms with Crippen LogP contribution < -0.4 is 10.6 Å². The highest BCUT2D eigenvalue weighted by Gasteiger charge is 2.24. The van der Waals surface area contributed by atoms with Gasteiger partial charge in [-0.15, -0.1) is 0 Å². The van der Waals surface area contributed by atoms with Gasteiger partial charge >= 0.3 is 13.6 Å². The second-order valence-corrected chi connectivity index (χ2v) is 9.74. The molecule has 0 aliphatic carbocycles. The first-order valence-corrected chi connectivity index (χ1v) is 13.5. The molecule has 0 aliphatic heterocycles. The highest BCUT2D eigenvalue weighted by atomic mass is 31.2. The molecule has 0 bridgehead atoms. The van der Waals surface area contributed by atoms with Gasteiger partial charge in [0.05, 0.1) is 52.4 Å². The number of carboxylic acids is 1. The number of aliphatic carboxylic acids is 1. The predicted octanol–water partition coefficient (Wildman–Crippen LogP) is 0.816. The van der Waals surface area contributed by atoms with Crippen LogP contribution in [0.25, 0.3) is 0 Å². The normalized spacial score (nSPS) is 12.6. The highest BCUT2D eigenvalue weighted by molar-refractivity contribution is 7.53. The van der Waals surface area contributed by atoms with E-state index in [2.05, 4.69) is 10.6 Å². The molecule has 0 aromatic heterocycles. The van der Waals surface area contributed by atoms with Gasteiger partial charge in [0.15, 0.2) is 0 Å². The Labute approximate surface area is 216 Å². The minimum atomic E-state index is -3.37. The summed E-state index contributed by atoms with van der Waals surface area (Å²) < 4.78 is 43.6. The van der Waals surface area contributed by atoms with Crippen LogP contribution in [-0.4, -0.2) is 102 Å². The Morgan fingerprint density at radius 2 is 1.38 bits per heavy atom. The molecule has 1 unspecified atom stereocenters. The molecule has 0 radical (unpaired) electrons. The summed E-state index contributed by atoms with van der Waals surface area (Å²) in [7, 11) is -2.08. The molecule has 1 aromatic carbocycles. The Morgan fingerprint density at radius 3 is 1.97 bits per heavy atom. The number of nitrogens with one attached hydrogen (secondary N) is 2. The molecule has 0 heterocycles. The van der Waals surface area contributed by atoms with Gasteiger partial charge in [-0.05, 0) is 5.56 Å². The van der Waals surface area contributed by atoms with Crippen molar-refractivity contribution in [1.82, 2.24) is 10.6 Å². The van der Waals surface area contributed by atoms with Crippen LogP contribution in [0.2, 0.25) is 0 Å². The molecule has 1 rings (SSSR count). The van der Waals surface area contributed by atoms with Crippen LogP contribution in [0.15, 0.2) is 30.3 Å². The topological polar surface area (TPSA) is 168 Å². The van der Waals surface area contributed by atoms with Gasteiger partial charge in [0.1, 0.15) is 13.2 Å². The van der Waals surface area contributed by atoms with Gasteiger partial charge in [-0.3, -0.25) is 14.2 Å². The van der Waals surface area contributed by atoms with Crippen molar-refractivity contribution in [2.45, 2.75) is 13.0 Å². The lowest BCUT2D eigenvalue weighted by molar-refractivity contribution is -0.142. The number of benzene rings is 1. The molecule has 0 saturated heterocycles. The molecule has 13 nitrogen and oxygen atoms in total. The summed E-state index contributed by atoms with van der Waals surface area (Å²) in [5.74, 6) is -1.65. The summed E-state index contributed by atoms with van der Waals surface area (Å²) in [5.41, 5.74) is 0.856. The maximum absolute atomic E-state index is 12.6. The molecule has 3 N–H and O–H groups in total. The van der Waals surface area contributed by atoms with Gasteiger partial charge in [-0.25, -0.2) is 4.79 Å². The monoisotopic (exact) mass is 548 g/mol. The number of hydrogen-bond acceptors (Lipinski definition) is 10. The molecule has 0 saturated carbocycles. The maximum atomic E-state index is 12.6. The van der Waals surface area contributed by atoms with Crippen LogP contribution in [-0.2, 0) is 53.6 Å². The Hall–Kier alpha value is -2.38. The molecule has 0 spiro atoms. The van der Waals surface area contributed by atoms with E-state index in [1.807, 2.05) is 30.3 Å². The molecule has 210 valence electrons. The number of hydrogen-bond donors (Lipinski definition) is 3. The minimum absolute atomic E-state index is 0.0122. The van der Waals surface area contributed by atoms with Crippen molar-refractivity contribution in [1.29, 1.82) is 0 Å². The lowest BCUT2D eigenvalue weighted by Gasteiger charge is -2.16. The first-order valence-electron chi connectivity index (χ1n) is 11.7. The van der Waals surface area contributed by atoms with Crippen molar-refractivity contribution in [2.75, 3.05) is 79.2 Å². The fraction of sp³-hybridized carbons (Fsp3) is 0.609. The first kappa shape index (κ1) is 32.6. The molecule has 0 fully saturated rings. The van der Waals surface area contributed by atoms with Crippen molar-refractivity contribution in [3.63, 3.8) is 0 Å². The SMILES string of the molecule is COP(=O)(CCC(=O)NCCOCCOCC(=O)NCCOCCOCC(=O)O)OCc1ccccc1. The average molecular weight is 549 g/mol. The van der Waals surface area contributed by atoms with E-state index < -0.39 is 13.6 Å². The van der Waals surface area contributed by atoms with E-state index in [0.29, 0.717) is 0 Å². The second kappa shape index (κ2) is 20.7. The third-order valence-electron chi connectivity index (χ3n) is 4.50. The van der Waals surface area contributed by atoms with Crippen LogP contribution in [0.4, 0.5) is 0 Å². The molecule has 1 atom stereocenters. The van der Waals surface area contributed by atoms with Gasteiger partial charge in [-0.1, -0.05) is 30.3 Å². The van der Waals surface area contributed by atoms with Crippen LogP contribution in [0.3, 0.4) is 0 Å². The summed E-state index contributed by atoms with van der Waals surface area (Å²) in [4.78, 5) is 33.9. The van der Waals surface area contributed by atoms with Crippen LogP contribution in [0.5, 0.6) is 0 Å². The van der Waals surface area contributed by atoms with Gasteiger partial charge in [-0.2, -0.15) is 0 Å². The average Bonchev–Trinajstić information content (AvgIpc) is 2.89. The van der Waals surface area contributed by atoms with E-state index in [4.69, 9.17) is 33.1 Å². The van der Waals surface area contributed by atoms with E-state index in [1.165, 1.54) is 7.11 Å². The molecular weight excluding hydrogens is 511 g/mol. The molecule has 14 heteroatoms. The number of carboxylic acid groups (broad SMARTS) is 1. The van der Waals surface area contributed by atoms with Crippen molar-refractivity contribution in [2.24, 2.45) is 0 Å². The van der Waals surface area contributed by atoms with Gasteiger partial charge in [0, 0.05) is 26.6 Å². The number of carbonyl (C=O) groups excluding carboxylic acids is 2. The fourth-order valence-corrected chi connectivity index (χ4v) is 3.86. The lowest BCUT2D eigenvalue weighted by Crippen LogP contribution is -2.31. The van der Waals surface area contributed by atoms with Gasteiger partial charge in [0.25, 0.3) is 0 Å². The molecule has 2 amide bonds.